The summed E-state index contributed by atoms with van der Waals surface area (Å²) >= 11 is 0. The van der Waals surface area contributed by atoms with Crippen molar-refractivity contribution in [1.82, 2.24) is 5.32 Å². The number of aliphatic hydroxyl groups is 1. The van der Waals surface area contributed by atoms with Crippen molar-refractivity contribution in [2.24, 2.45) is 0 Å². The van der Waals surface area contributed by atoms with Crippen molar-refractivity contribution in [3.05, 3.63) is 29.6 Å². The van der Waals surface area contributed by atoms with Crippen LogP contribution in [0.25, 0.3) is 0 Å². The van der Waals surface area contributed by atoms with Crippen LogP contribution in [0.3, 0.4) is 0 Å². The van der Waals surface area contributed by atoms with E-state index in [1.165, 1.54) is 6.07 Å². The lowest BCUT2D eigenvalue weighted by Gasteiger charge is -2.27. The maximum Gasteiger partial charge on any atom is 0.123 e. The van der Waals surface area contributed by atoms with Gasteiger partial charge in [-0.25, -0.2) is 4.39 Å². The first-order valence-corrected chi connectivity index (χ1v) is 7.02. The van der Waals surface area contributed by atoms with E-state index >= 15 is 0 Å². The van der Waals surface area contributed by atoms with Crippen molar-refractivity contribution in [3.63, 3.8) is 0 Å². The second kappa shape index (κ2) is 8.12. The zero-order valence-corrected chi connectivity index (χ0v) is 12.1. The number of nitrogens with one attached hydrogen (secondary N) is 1. The highest BCUT2D eigenvalue weighted by atomic mass is 19.1. The molecule has 0 saturated heterocycles. The zero-order chi connectivity index (χ0) is 14.3. The fraction of sp³-hybridized carbons (Fsp3) is 0.600. The van der Waals surface area contributed by atoms with Gasteiger partial charge in [-0.1, -0.05) is 6.92 Å². The molecule has 0 fully saturated rings. The van der Waals surface area contributed by atoms with Gasteiger partial charge in [0.05, 0.1) is 6.61 Å². The quantitative estimate of drug-likeness (QED) is 0.761. The van der Waals surface area contributed by atoms with E-state index in [0.717, 1.165) is 30.8 Å². The molecule has 0 aliphatic heterocycles. The van der Waals surface area contributed by atoms with E-state index in [-0.39, 0.29) is 18.5 Å². The molecule has 0 bridgehead atoms. The molecule has 0 saturated carbocycles. The molecule has 0 spiro atoms. The normalized spacial score (nSPS) is 12.5. The van der Waals surface area contributed by atoms with Crippen LogP contribution in [0.1, 0.15) is 38.8 Å². The Morgan fingerprint density at radius 1 is 1.37 bits per heavy atom. The van der Waals surface area contributed by atoms with Crippen LogP contribution in [-0.4, -0.2) is 31.3 Å². The van der Waals surface area contributed by atoms with E-state index in [0.29, 0.717) is 6.54 Å². The van der Waals surface area contributed by atoms with Gasteiger partial charge in [-0.15, -0.1) is 0 Å². The van der Waals surface area contributed by atoms with Crippen LogP contribution in [0.4, 0.5) is 10.1 Å². The molecule has 1 rings (SSSR count). The second-order valence-corrected chi connectivity index (χ2v) is 4.68. The van der Waals surface area contributed by atoms with E-state index in [1.54, 1.807) is 12.1 Å². The van der Waals surface area contributed by atoms with Crippen LogP contribution < -0.4 is 10.2 Å². The van der Waals surface area contributed by atoms with E-state index in [1.807, 2.05) is 13.8 Å². The van der Waals surface area contributed by atoms with Gasteiger partial charge in [0.2, 0.25) is 0 Å². The molecule has 1 unspecified atom stereocenters. The Hall–Kier alpha value is -1.13. The van der Waals surface area contributed by atoms with Crippen LogP contribution in [0.15, 0.2) is 18.2 Å². The summed E-state index contributed by atoms with van der Waals surface area (Å²) in [5, 5.41) is 12.5. The van der Waals surface area contributed by atoms with Gasteiger partial charge in [0.15, 0.2) is 0 Å². The molecule has 3 nitrogen and oxygen atoms in total. The summed E-state index contributed by atoms with van der Waals surface area (Å²) in [6.07, 6.45) is 1.04. The summed E-state index contributed by atoms with van der Waals surface area (Å²) in [4.78, 5) is 2.07. The summed E-state index contributed by atoms with van der Waals surface area (Å²) in [5.74, 6) is -0.219. The van der Waals surface area contributed by atoms with Crippen molar-refractivity contribution >= 4 is 5.69 Å². The molecule has 2 N–H and O–H groups in total. The van der Waals surface area contributed by atoms with Gasteiger partial charge in [-0.05, 0) is 50.6 Å². The predicted molar refractivity (Wildman–Crippen MR) is 78.1 cm³/mol. The summed E-state index contributed by atoms with van der Waals surface area (Å²) in [5.41, 5.74) is 1.94. The fourth-order valence-electron chi connectivity index (χ4n) is 2.20. The Balaban J connectivity index is 3.02. The maximum atomic E-state index is 13.5. The summed E-state index contributed by atoms with van der Waals surface area (Å²) in [7, 11) is 0. The van der Waals surface area contributed by atoms with Gasteiger partial charge in [-0.3, -0.25) is 0 Å². The van der Waals surface area contributed by atoms with Gasteiger partial charge in [0.25, 0.3) is 0 Å². The minimum absolute atomic E-state index is 0.0957. The van der Waals surface area contributed by atoms with Crippen LogP contribution in [-0.2, 0) is 0 Å². The number of likely N-dealkylation sites (N-methyl/N-ethyl adjacent to an activating group) is 1. The summed E-state index contributed by atoms with van der Waals surface area (Å²) in [6.45, 7) is 8.55. The van der Waals surface area contributed by atoms with E-state index in [2.05, 4.69) is 17.1 Å². The van der Waals surface area contributed by atoms with Gasteiger partial charge >= 0.3 is 0 Å². The third kappa shape index (κ3) is 4.48. The molecular formula is C15H25FN2O. The zero-order valence-electron chi connectivity index (χ0n) is 12.1. The minimum Gasteiger partial charge on any atom is -0.395 e. The third-order valence-electron chi connectivity index (χ3n) is 3.25. The van der Waals surface area contributed by atoms with E-state index in [9.17, 15) is 4.39 Å². The monoisotopic (exact) mass is 268 g/mol. The predicted octanol–water partition coefficient (Wildman–Crippen LogP) is 2.70. The van der Waals surface area contributed by atoms with Crippen molar-refractivity contribution < 1.29 is 9.50 Å². The topological polar surface area (TPSA) is 35.5 Å². The molecule has 1 atom stereocenters. The highest BCUT2D eigenvalue weighted by Crippen LogP contribution is 2.27. The van der Waals surface area contributed by atoms with Crippen LogP contribution in [0.5, 0.6) is 0 Å². The van der Waals surface area contributed by atoms with Gasteiger partial charge in [-0.2, -0.15) is 0 Å². The average Bonchev–Trinajstić information content (AvgIpc) is 2.42. The van der Waals surface area contributed by atoms with Crippen molar-refractivity contribution in [1.29, 1.82) is 0 Å². The number of nitrogens with zero attached hydrogens (tertiary/aromatic N) is 1. The number of hydrogen-bond acceptors (Lipinski definition) is 3. The molecule has 0 aliphatic rings. The lowest BCUT2D eigenvalue weighted by molar-refractivity contribution is 0.302. The van der Waals surface area contributed by atoms with Crippen LogP contribution in [0, 0.1) is 5.82 Å². The molecule has 1 aromatic rings. The van der Waals surface area contributed by atoms with E-state index in [4.69, 9.17) is 5.11 Å². The third-order valence-corrected chi connectivity index (χ3v) is 3.25. The Labute approximate surface area is 115 Å². The highest BCUT2D eigenvalue weighted by Gasteiger charge is 2.15. The summed E-state index contributed by atoms with van der Waals surface area (Å²) in [6, 6.07) is 4.96. The smallest absolute Gasteiger partial charge is 0.123 e. The number of hydrogen-bond donors (Lipinski definition) is 2. The fourth-order valence-corrected chi connectivity index (χ4v) is 2.20. The molecule has 1 aromatic carbocycles. The number of anilines is 1. The first-order chi connectivity index (χ1) is 9.13. The first-order valence-electron chi connectivity index (χ1n) is 7.02. The Morgan fingerprint density at radius 2 is 2.11 bits per heavy atom. The number of benzene rings is 1. The molecule has 0 radical (unpaired) electrons. The molecule has 108 valence electrons. The van der Waals surface area contributed by atoms with Gasteiger partial charge in [0.1, 0.15) is 5.82 Å². The lowest BCUT2D eigenvalue weighted by atomic mass is 10.0. The Kier molecular flexibility index (Phi) is 6.81. The van der Waals surface area contributed by atoms with Gasteiger partial charge in [0, 0.05) is 24.8 Å². The Morgan fingerprint density at radius 3 is 2.68 bits per heavy atom. The van der Waals surface area contributed by atoms with Crippen LogP contribution in [0.2, 0.25) is 0 Å². The van der Waals surface area contributed by atoms with Crippen LogP contribution >= 0.6 is 0 Å². The van der Waals surface area contributed by atoms with E-state index < -0.39 is 0 Å². The summed E-state index contributed by atoms with van der Waals surface area (Å²) < 4.78 is 13.5. The maximum absolute atomic E-state index is 13.5. The van der Waals surface area contributed by atoms with Crippen molar-refractivity contribution in [2.45, 2.75) is 33.2 Å². The standard InChI is InChI=1S/C15H25FN2O/c1-4-8-17-12(3)14-11-13(16)6-7-15(14)18(5-2)9-10-19/h6-7,11-12,17,19H,4-5,8-10H2,1-3H3. The van der Waals surface area contributed by atoms with Crippen molar-refractivity contribution in [3.8, 4) is 0 Å². The lowest BCUT2D eigenvalue weighted by Crippen LogP contribution is -2.29. The highest BCUT2D eigenvalue weighted by molar-refractivity contribution is 5.55. The molecule has 4 heteroatoms. The molecule has 0 heterocycles. The minimum atomic E-state index is -0.219. The molecular weight excluding hydrogens is 243 g/mol. The first kappa shape index (κ1) is 15.9. The number of rotatable bonds is 8. The number of halogens is 1. The molecule has 0 amide bonds. The SMILES string of the molecule is CCCNC(C)c1cc(F)ccc1N(CC)CCO. The van der Waals surface area contributed by atoms with Crippen molar-refractivity contribution in [2.75, 3.05) is 31.1 Å². The molecule has 0 aromatic heterocycles. The largest absolute Gasteiger partial charge is 0.395 e. The molecule has 19 heavy (non-hydrogen) atoms. The molecule has 0 aliphatic carbocycles. The second-order valence-electron chi connectivity index (χ2n) is 4.68. The Bertz CT molecular complexity index is 384. The average molecular weight is 268 g/mol. The van der Waals surface area contributed by atoms with Gasteiger partial charge < -0.3 is 15.3 Å². The number of aliphatic hydroxyl groups excluding tert-OH is 1.